The third-order valence-corrected chi connectivity index (χ3v) is 2.49. The molecule has 98 valence electrons. The summed E-state index contributed by atoms with van der Waals surface area (Å²) in [5, 5.41) is 11.5. The fourth-order valence-corrected chi connectivity index (χ4v) is 1.50. The van der Waals surface area contributed by atoms with Crippen molar-refractivity contribution in [3.05, 3.63) is 29.6 Å². The maximum atomic E-state index is 11.7. The first-order valence-electron chi connectivity index (χ1n) is 5.97. The second-order valence-electron chi connectivity index (χ2n) is 4.56. The van der Waals surface area contributed by atoms with Crippen molar-refractivity contribution >= 4 is 11.9 Å². The zero-order chi connectivity index (χ0) is 13.5. The van der Waals surface area contributed by atoms with E-state index in [9.17, 15) is 9.59 Å². The summed E-state index contributed by atoms with van der Waals surface area (Å²) < 4.78 is 0. The van der Waals surface area contributed by atoms with Crippen LogP contribution in [0.2, 0.25) is 0 Å². The van der Waals surface area contributed by atoms with Crippen LogP contribution in [0, 0.1) is 5.92 Å². The van der Waals surface area contributed by atoms with Crippen LogP contribution in [-0.2, 0) is 0 Å². The van der Waals surface area contributed by atoms with E-state index in [1.807, 2.05) is 0 Å². The number of nitrogens with one attached hydrogen (secondary N) is 1. The second-order valence-corrected chi connectivity index (χ2v) is 4.56. The molecule has 1 heterocycles. The second kappa shape index (κ2) is 6.74. The average Bonchev–Trinajstić information content (AvgIpc) is 2.34. The highest BCUT2D eigenvalue weighted by atomic mass is 16.4. The van der Waals surface area contributed by atoms with Gasteiger partial charge in [0.25, 0.3) is 5.91 Å². The van der Waals surface area contributed by atoms with Gasteiger partial charge in [0, 0.05) is 18.9 Å². The van der Waals surface area contributed by atoms with E-state index in [0.29, 0.717) is 12.5 Å². The molecule has 0 spiro atoms. The molecule has 2 N–H and O–H groups in total. The zero-order valence-electron chi connectivity index (χ0n) is 10.6. The molecule has 0 atom stereocenters. The Morgan fingerprint density at radius 3 is 2.61 bits per heavy atom. The molecule has 0 aromatic carbocycles. The van der Waals surface area contributed by atoms with Crippen molar-refractivity contribution in [3.8, 4) is 0 Å². The maximum absolute atomic E-state index is 11.7. The first-order valence-corrected chi connectivity index (χ1v) is 5.97. The van der Waals surface area contributed by atoms with Gasteiger partial charge in [0.05, 0.1) is 11.1 Å². The smallest absolute Gasteiger partial charge is 0.337 e. The molecule has 0 aliphatic rings. The van der Waals surface area contributed by atoms with E-state index < -0.39 is 5.97 Å². The Morgan fingerprint density at radius 2 is 2.00 bits per heavy atom. The molecule has 0 unspecified atom stereocenters. The summed E-state index contributed by atoms with van der Waals surface area (Å²) in [5.74, 6) is -0.759. The van der Waals surface area contributed by atoms with Crippen LogP contribution in [0.15, 0.2) is 18.5 Å². The Balaban J connectivity index is 2.51. The molecule has 5 nitrogen and oxygen atoms in total. The molecule has 1 rings (SSSR count). The van der Waals surface area contributed by atoms with E-state index in [2.05, 4.69) is 24.1 Å². The SMILES string of the molecule is CC(C)CCCNC(=O)c1cncc(C(=O)O)c1. The molecule has 0 bridgehead atoms. The molecule has 1 amide bonds. The monoisotopic (exact) mass is 250 g/mol. The lowest BCUT2D eigenvalue weighted by Crippen LogP contribution is -2.25. The predicted molar refractivity (Wildman–Crippen MR) is 67.6 cm³/mol. The van der Waals surface area contributed by atoms with Gasteiger partial charge in [-0.2, -0.15) is 0 Å². The summed E-state index contributed by atoms with van der Waals surface area (Å²) in [6, 6.07) is 1.33. The van der Waals surface area contributed by atoms with Gasteiger partial charge in [0.2, 0.25) is 0 Å². The van der Waals surface area contributed by atoms with Crippen LogP contribution in [0.3, 0.4) is 0 Å². The summed E-state index contributed by atoms with van der Waals surface area (Å²) in [6.45, 7) is 4.85. The lowest BCUT2D eigenvalue weighted by atomic mass is 10.1. The number of hydrogen-bond acceptors (Lipinski definition) is 3. The van der Waals surface area contributed by atoms with Crippen LogP contribution < -0.4 is 5.32 Å². The van der Waals surface area contributed by atoms with Crippen molar-refractivity contribution in [2.75, 3.05) is 6.54 Å². The molecule has 1 aromatic rings. The van der Waals surface area contributed by atoms with Gasteiger partial charge in [-0.15, -0.1) is 0 Å². The minimum absolute atomic E-state index is 0.0184. The molecule has 0 saturated carbocycles. The predicted octanol–water partition coefficient (Wildman–Crippen LogP) is 1.95. The first kappa shape index (κ1) is 14.2. The fraction of sp³-hybridized carbons (Fsp3) is 0.462. The van der Waals surface area contributed by atoms with Gasteiger partial charge < -0.3 is 10.4 Å². The van der Waals surface area contributed by atoms with Gasteiger partial charge >= 0.3 is 5.97 Å². The quantitative estimate of drug-likeness (QED) is 0.756. The van der Waals surface area contributed by atoms with Crippen LogP contribution in [0.1, 0.15) is 47.4 Å². The lowest BCUT2D eigenvalue weighted by Gasteiger charge is -2.07. The van der Waals surface area contributed by atoms with Crippen LogP contribution >= 0.6 is 0 Å². The molecule has 1 aromatic heterocycles. The van der Waals surface area contributed by atoms with Crippen LogP contribution in [0.4, 0.5) is 0 Å². The van der Waals surface area contributed by atoms with E-state index >= 15 is 0 Å². The van der Waals surface area contributed by atoms with Crippen molar-refractivity contribution < 1.29 is 14.7 Å². The third-order valence-electron chi connectivity index (χ3n) is 2.49. The minimum atomic E-state index is -1.09. The molecule has 18 heavy (non-hydrogen) atoms. The number of pyridine rings is 1. The van der Waals surface area contributed by atoms with Gasteiger partial charge in [-0.3, -0.25) is 9.78 Å². The fourth-order valence-electron chi connectivity index (χ4n) is 1.50. The summed E-state index contributed by atoms with van der Waals surface area (Å²) in [5.41, 5.74) is 0.296. The highest BCUT2D eigenvalue weighted by Crippen LogP contribution is 2.04. The standard InChI is InChI=1S/C13H18N2O3/c1-9(2)4-3-5-15-12(16)10-6-11(13(17)18)8-14-7-10/h6-9H,3-5H2,1-2H3,(H,15,16)(H,17,18). The Labute approximate surface area is 106 Å². The van der Waals surface area contributed by atoms with Crippen molar-refractivity contribution in [3.63, 3.8) is 0 Å². The van der Waals surface area contributed by atoms with E-state index in [0.717, 1.165) is 12.8 Å². The topological polar surface area (TPSA) is 79.3 Å². The number of rotatable bonds is 6. The number of hydrogen-bond donors (Lipinski definition) is 2. The van der Waals surface area contributed by atoms with Crippen molar-refractivity contribution in [2.24, 2.45) is 5.92 Å². The number of aromatic carboxylic acids is 1. The Kier molecular flexibility index (Phi) is 5.30. The number of amides is 1. The average molecular weight is 250 g/mol. The molecule has 5 heteroatoms. The van der Waals surface area contributed by atoms with Crippen molar-refractivity contribution in [2.45, 2.75) is 26.7 Å². The molecule has 0 aliphatic heterocycles. The number of carbonyl (C=O) groups excluding carboxylic acids is 1. The van der Waals surface area contributed by atoms with Gasteiger partial charge in [-0.1, -0.05) is 13.8 Å². The van der Waals surface area contributed by atoms with Crippen molar-refractivity contribution in [1.82, 2.24) is 10.3 Å². The molecule has 0 radical (unpaired) electrons. The summed E-state index contributed by atoms with van der Waals surface area (Å²) in [7, 11) is 0. The van der Waals surface area contributed by atoms with Crippen LogP contribution in [0.25, 0.3) is 0 Å². The molecular formula is C13H18N2O3. The molecule has 0 aliphatic carbocycles. The Morgan fingerprint density at radius 1 is 1.33 bits per heavy atom. The summed E-state index contributed by atoms with van der Waals surface area (Å²) in [6.07, 6.45) is 4.55. The van der Waals surface area contributed by atoms with Crippen LogP contribution in [-0.4, -0.2) is 28.5 Å². The van der Waals surface area contributed by atoms with E-state index in [1.165, 1.54) is 18.5 Å². The number of nitrogens with zero attached hydrogens (tertiary/aromatic N) is 1. The van der Waals surface area contributed by atoms with Crippen LogP contribution in [0.5, 0.6) is 0 Å². The van der Waals surface area contributed by atoms with Crippen molar-refractivity contribution in [1.29, 1.82) is 0 Å². The zero-order valence-corrected chi connectivity index (χ0v) is 10.6. The largest absolute Gasteiger partial charge is 0.478 e. The van der Waals surface area contributed by atoms with Gasteiger partial charge in [-0.05, 0) is 24.8 Å². The molecular weight excluding hydrogens is 232 g/mol. The normalized spacial score (nSPS) is 10.4. The molecule has 0 fully saturated rings. The van der Waals surface area contributed by atoms with E-state index in [4.69, 9.17) is 5.11 Å². The van der Waals surface area contributed by atoms with E-state index in [1.54, 1.807) is 0 Å². The number of carbonyl (C=O) groups is 2. The Bertz CT molecular complexity index is 430. The van der Waals surface area contributed by atoms with Gasteiger partial charge in [0.1, 0.15) is 0 Å². The molecule has 0 saturated heterocycles. The first-order chi connectivity index (χ1) is 8.50. The summed E-state index contributed by atoms with van der Waals surface area (Å²) >= 11 is 0. The number of carboxylic acids is 1. The minimum Gasteiger partial charge on any atom is -0.478 e. The van der Waals surface area contributed by atoms with Gasteiger partial charge in [0.15, 0.2) is 0 Å². The van der Waals surface area contributed by atoms with E-state index in [-0.39, 0.29) is 17.0 Å². The Hall–Kier alpha value is -1.91. The highest BCUT2D eigenvalue weighted by molar-refractivity contribution is 5.96. The van der Waals surface area contributed by atoms with Gasteiger partial charge in [-0.25, -0.2) is 4.79 Å². The summed E-state index contributed by atoms with van der Waals surface area (Å²) in [4.78, 5) is 26.2. The number of aromatic nitrogens is 1. The highest BCUT2D eigenvalue weighted by Gasteiger charge is 2.09. The third kappa shape index (κ3) is 4.53. The lowest BCUT2D eigenvalue weighted by molar-refractivity contribution is 0.0696. The number of carboxylic acid groups (broad SMARTS) is 1. The maximum Gasteiger partial charge on any atom is 0.337 e.